The molecule has 0 unspecified atom stereocenters. The summed E-state index contributed by atoms with van der Waals surface area (Å²) in [7, 11) is 1.47. The highest BCUT2D eigenvalue weighted by atomic mass is 35.5. The second kappa shape index (κ2) is 9.06. The summed E-state index contributed by atoms with van der Waals surface area (Å²) in [5.41, 5.74) is 1.02. The van der Waals surface area contributed by atoms with Crippen LogP contribution in [-0.4, -0.2) is 18.9 Å². The minimum Gasteiger partial charge on any atom is -0.495 e. The third-order valence-electron chi connectivity index (χ3n) is 4.48. The smallest absolute Gasteiger partial charge is 0.283 e. The molecule has 8 heteroatoms. The summed E-state index contributed by atoms with van der Waals surface area (Å²) in [5, 5.41) is 3.96. The lowest BCUT2D eigenvalue weighted by Gasteiger charge is -2.18. The zero-order valence-electron chi connectivity index (χ0n) is 16.3. The van der Waals surface area contributed by atoms with Crippen LogP contribution in [0.2, 0.25) is 10.0 Å². The normalized spacial score (nSPS) is 13.7. The molecule has 3 aromatic carbocycles. The Hall–Kier alpha value is -2.93. The molecule has 0 aromatic heterocycles. The third kappa shape index (κ3) is 4.42. The first-order valence-electron chi connectivity index (χ1n) is 9.20. The molecule has 1 heterocycles. The van der Waals surface area contributed by atoms with E-state index in [0.717, 1.165) is 9.80 Å². The second-order valence-corrected chi connectivity index (χ2v) is 8.47. The Morgan fingerprint density at radius 2 is 1.61 bits per heavy atom. The molecule has 2 amide bonds. The van der Waals surface area contributed by atoms with E-state index in [4.69, 9.17) is 27.9 Å². The molecule has 0 fully saturated rings. The fourth-order valence-electron chi connectivity index (χ4n) is 3.09. The number of nitrogens with one attached hydrogen (secondary N) is 1. The Labute approximate surface area is 193 Å². The summed E-state index contributed by atoms with van der Waals surface area (Å²) >= 11 is 13.4. The van der Waals surface area contributed by atoms with Crippen LogP contribution < -0.4 is 15.0 Å². The van der Waals surface area contributed by atoms with Crippen molar-refractivity contribution < 1.29 is 14.3 Å². The highest BCUT2D eigenvalue weighted by Crippen LogP contribution is 2.41. The van der Waals surface area contributed by atoms with Crippen molar-refractivity contribution in [3.05, 3.63) is 93.4 Å². The van der Waals surface area contributed by atoms with Gasteiger partial charge in [0.15, 0.2) is 0 Å². The van der Waals surface area contributed by atoms with Crippen LogP contribution in [0.25, 0.3) is 0 Å². The van der Waals surface area contributed by atoms with E-state index in [1.807, 2.05) is 30.3 Å². The number of imide groups is 1. The fourth-order valence-corrected chi connectivity index (χ4v) is 4.39. The predicted molar refractivity (Wildman–Crippen MR) is 125 cm³/mol. The second-order valence-electron chi connectivity index (χ2n) is 6.52. The molecular formula is C23H16Cl2N2O3S. The van der Waals surface area contributed by atoms with Gasteiger partial charge in [0.25, 0.3) is 11.8 Å². The predicted octanol–water partition coefficient (Wildman–Crippen LogP) is 5.99. The lowest BCUT2D eigenvalue weighted by molar-refractivity contribution is -0.120. The van der Waals surface area contributed by atoms with E-state index in [0.29, 0.717) is 21.5 Å². The van der Waals surface area contributed by atoms with Crippen LogP contribution in [0.4, 0.5) is 11.4 Å². The summed E-state index contributed by atoms with van der Waals surface area (Å²) in [6.45, 7) is 0. The molecule has 156 valence electrons. The van der Waals surface area contributed by atoms with Crippen molar-refractivity contribution in [1.29, 1.82) is 0 Å². The van der Waals surface area contributed by atoms with Crippen LogP contribution in [-0.2, 0) is 9.59 Å². The number of carbonyl (C=O) groups excluding carboxylic acids is 2. The van der Waals surface area contributed by atoms with Crippen molar-refractivity contribution in [1.82, 2.24) is 0 Å². The van der Waals surface area contributed by atoms with Crippen molar-refractivity contribution in [2.24, 2.45) is 0 Å². The first-order valence-corrected chi connectivity index (χ1v) is 10.8. The van der Waals surface area contributed by atoms with Crippen molar-refractivity contribution in [2.45, 2.75) is 4.90 Å². The van der Waals surface area contributed by atoms with Gasteiger partial charge >= 0.3 is 0 Å². The van der Waals surface area contributed by atoms with Crippen LogP contribution in [0.5, 0.6) is 5.75 Å². The van der Waals surface area contributed by atoms with Gasteiger partial charge in [0, 0.05) is 20.6 Å². The minimum absolute atomic E-state index is 0.156. The topological polar surface area (TPSA) is 58.6 Å². The summed E-state index contributed by atoms with van der Waals surface area (Å²) in [6.07, 6.45) is 0. The molecule has 31 heavy (non-hydrogen) atoms. The Kier molecular flexibility index (Phi) is 6.23. The number of halogens is 2. The van der Waals surface area contributed by atoms with Gasteiger partial charge in [0.05, 0.1) is 12.8 Å². The first-order chi connectivity index (χ1) is 15.0. The number of anilines is 2. The minimum atomic E-state index is -0.510. The Balaban J connectivity index is 1.79. The molecule has 0 bridgehead atoms. The van der Waals surface area contributed by atoms with Gasteiger partial charge in [-0.25, -0.2) is 4.90 Å². The van der Waals surface area contributed by atoms with E-state index < -0.39 is 11.8 Å². The van der Waals surface area contributed by atoms with E-state index in [1.54, 1.807) is 36.4 Å². The maximum Gasteiger partial charge on any atom is 0.283 e. The number of thioether (sulfide) groups is 1. The van der Waals surface area contributed by atoms with Gasteiger partial charge in [0.1, 0.15) is 16.4 Å². The molecule has 0 atom stereocenters. The fraction of sp³-hybridized carbons (Fsp3) is 0.0435. The van der Waals surface area contributed by atoms with Crippen LogP contribution in [0, 0.1) is 0 Å². The van der Waals surface area contributed by atoms with Gasteiger partial charge < -0.3 is 10.1 Å². The Morgan fingerprint density at radius 3 is 2.32 bits per heavy atom. The largest absolute Gasteiger partial charge is 0.495 e. The Bertz CT molecular complexity index is 1200. The number of hydrogen-bond acceptors (Lipinski definition) is 5. The molecule has 0 spiro atoms. The van der Waals surface area contributed by atoms with E-state index in [9.17, 15) is 9.59 Å². The lowest BCUT2D eigenvalue weighted by atomic mass is 10.2. The van der Waals surface area contributed by atoms with Crippen molar-refractivity contribution in [3.8, 4) is 5.75 Å². The van der Waals surface area contributed by atoms with E-state index in [1.165, 1.54) is 24.9 Å². The molecule has 0 saturated heterocycles. The summed E-state index contributed by atoms with van der Waals surface area (Å²) in [6, 6.07) is 21.1. The first kappa shape index (κ1) is 21.3. The molecule has 0 radical (unpaired) electrons. The number of methoxy groups -OCH3 is 1. The molecule has 0 saturated carbocycles. The van der Waals surface area contributed by atoms with E-state index in [2.05, 4.69) is 5.32 Å². The molecule has 1 aliphatic heterocycles. The standard InChI is InChI=1S/C23H16Cl2N2O3S/c1-30-19-11-10-15(25)13-18(19)27-22(28)20(26-16-7-5-6-14(24)12-16)21(23(27)29)31-17-8-3-2-4-9-17/h2-13,26H,1H3. The van der Waals surface area contributed by atoms with E-state index in [-0.39, 0.29) is 16.3 Å². The van der Waals surface area contributed by atoms with E-state index >= 15 is 0 Å². The number of amides is 2. The van der Waals surface area contributed by atoms with Crippen molar-refractivity contribution >= 4 is 58.2 Å². The van der Waals surface area contributed by atoms with Crippen LogP contribution in [0.15, 0.2) is 88.3 Å². The molecule has 1 N–H and O–H groups in total. The highest BCUT2D eigenvalue weighted by Gasteiger charge is 2.41. The Morgan fingerprint density at radius 1 is 0.871 bits per heavy atom. The lowest BCUT2D eigenvalue weighted by Crippen LogP contribution is -2.32. The van der Waals surface area contributed by atoms with Crippen LogP contribution in [0.3, 0.4) is 0 Å². The maximum absolute atomic E-state index is 13.4. The van der Waals surface area contributed by atoms with Crippen LogP contribution in [0.1, 0.15) is 0 Å². The molecule has 3 aromatic rings. The van der Waals surface area contributed by atoms with Gasteiger partial charge in [-0.1, -0.05) is 59.2 Å². The highest BCUT2D eigenvalue weighted by molar-refractivity contribution is 8.04. The van der Waals surface area contributed by atoms with Crippen LogP contribution >= 0.6 is 35.0 Å². The summed E-state index contributed by atoms with van der Waals surface area (Å²) in [5.74, 6) is -0.618. The summed E-state index contributed by atoms with van der Waals surface area (Å²) < 4.78 is 5.36. The number of ether oxygens (including phenoxy) is 1. The average molecular weight is 471 g/mol. The number of hydrogen-bond donors (Lipinski definition) is 1. The third-order valence-corrected chi connectivity index (χ3v) is 6.04. The van der Waals surface area contributed by atoms with Gasteiger partial charge in [-0.2, -0.15) is 0 Å². The number of carbonyl (C=O) groups is 2. The molecule has 4 rings (SSSR count). The van der Waals surface area contributed by atoms with Crippen molar-refractivity contribution in [3.63, 3.8) is 0 Å². The maximum atomic E-state index is 13.4. The van der Waals surface area contributed by atoms with Gasteiger partial charge in [0.2, 0.25) is 0 Å². The number of benzene rings is 3. The molecule has 0 aliphatic carbocycles. The average Bonchev–Trinajstić information content (AvgIpc) is 2.98. The quantitative estimate of drug-likeness (QED) is 0.448. The zero-order chi connectivity index (χ0) is 22.0. The van der Waals surface area contributed by atoms with Gasteiger partial charge in [-0.3, -0.25) is 9.59 Å². The van der Waals surface area contributed by atoms with Crippen molar-refractivity contribution in [2.75, 3.05) is 17.3 Å². The molecular weight excluding hydrogens is 455 g/mol. The number of nitrogens with zero attached hydrogens (tertiary/aromatic N) is 1. The van der Waals surface area contributed by atoms with Gasteiger partial charge in [-0.05, 0) is 48.5 Å². The molecule has 1 aliphatic rings. The summed E-state index contributed by atoms with van der Waals surface area (Å²) in [4.78, 5) is 29.0. The zero-order valence-corrected chi connectivity index (χ0v) is 18.6. The monoisotopic (exact) mass is 470 g/mol. The van der Waals surface area contributed by atoms with Gasteiger partial charge in [-0.15, -0.1) is 0 Å². The SMILES string of the molecule is COc1ccc(Cl)cc1N1C(=O)C(Nc2cccc(Cl)c2)=C(Sc2ccccc2)C1=O. The molecule has 5 nitrogen and oxygen atoms in total. The number of rotatable bonds is 6.